The summed E-state index contributed by atoms with van der Waals surface area (Å²) in [7, 11) is 2.00. The maximum absolute atomic E-state index is 13.0. The van der Waals surface area contributed by atoms with Crippen LogP contribution in [0, 0.1) is 11.3 Å². The van der Waals surface area contributed by atoms with E-state index in [9.17, 15) is 4.79 Å². The van der Waals surface area contributed by atoms with Crippen molar-refractivity contribution in [2.45, 2.75) is 25.3 Å². The normalized spacial score (nSPS) is 27.2. The maximum atomic E-state index is 13.0. The lowest BCUT2D eigenvalue weighted by molar-refractivity contribution is -0.133. The van der Waals surface area contributed by atoms with Crippen molar-refractivity contribution in [1.82, 2.24) is 15.1 Å². The highest BCUT2D eigenvalue weighted by Gasteiger charge is 2.58. The highest BCUT2D eigenvalue weighted by atomic mass is 32.1. The minimum absolute atomic E-state index is 0.258. The number of piperidine rings is 1. The quantitative estimate of drug-likeness (QED) is 0.869. The van der Waals surface area contributed by atoms with Crippen LogP contribution in [0.1, 0.15) is 30.2 Å². The number of hydrogen-bond acceptors (Lipinski definition) is 5. The lowest BCUT2D eigenvalue weighted by Gasteiger charge is -2.36. The van der Waals surface area contributed by atoms with E-state index in [0.717, 1.165) is 65.2 Å². The number of likely N-dealkylation sites (N-methyl/N-ethyl adjacent to an activating group) is 1. The van der Waals surface area contributed by atoms with Crippen LogP contribution in [-0.4, -0.2) is 68.7 Å². The van der Waals surface area contributed by atoms with Gasteiger partial charge in [-0.3, -0.25) is 9.69 Å². The molecule has 1 amide bonds. The summed E-state index contributed by atoms with van der Waals surface area (Å²) in [6, 6.07) is 4.61. The van der Waals surface area contributed by atoms with Crippen LogP contribution < -0.4 is 5.32 Å². The standard InChI is InChI=1S/C19H29N3O2S/c1-21(18(23)15-13-19(15)4-6-20-7-5-19)14-16(17-3-2-12-25-17)22-8-10-24-11-9-22/h2-3,12,15-16,20H,4-11,13-14H2,1H3. The molecule has 3 aliphatic rings. The zero-order valence-corrected chi connectivity index (χ0v) is 15.9. The Labute approximate surface area is 154 Å². The van der Waals surface area contributed by atoms with Gasteiger partial charge in [-0.1, -0.05) is 6.07 Å². The van der Waals surface area contributed by atoms with Crippen LogP contribution in [0.15, 0.2) is 17.5 Å². The van der Waals surface area contributed by atoms with Crippen molar-refractivity contribution >= 4 is 17.2 Å². The van der Waals surface area contributed by atoms with Gasteiger partial charge in [0.25, 0.3) is 0 Å². The Bertz CT molecular complexity index is 579. The number of nitrogens with zero attached hydrogens (tertiary/aromatic N) is 2. The molecule has 2 unspecified atom stereocenters. The molecule has 5 nitrogen and oxygen atoms in total. The predicted molar refractivity (Wildman–Crippen MR) is 99.7 cm³/mol. The molecular weight excluding hydrogens is 334 g/mol. The number of rotatable bonds is 5. The molecule has 1 spiro atoms. The van der Waals surface area contributed by atoms with Gasteiger partial charge < -0.3 is 15.0 Å². The van der Waals surface area contributed by atoms with Crippen molar-refractivity contribution in [3.63, 3.8) is 0 Å². The molecule has 138 valence electrons. The maximum Gasteiger partial charge on any atom is 0.226 e. The van der Waals surface area contributed by atoms with Gasteiger partial charge in [-0.15, -0.1) is 11.3 Å². The first kappa shape index (κ1) is 17.5. The van der Waals surface area contributed by atoms with Crippen LogP contribution in [-0.2, 0) is 9.53 Å². The Hall–Kier alpha value is -0.950. The van der Waals surface area contributed by atoms with E-state index in [1.54, 1.807) is 11.3 Å². The van der Waals surface area contributed by atoms with E-state index >= 15 is 0 Å². The summed E-state index contributed by atoms with van der Waals surface area (Å²) in [5.74, 6) is 0.616. The van der Waals surface area contributed by atoms with Crippen molar-refractivity contribution in [3.8, 4) is 0 Å². The van der Waals surface area contributed by atoms with E-state index in [2.05, 4.69) is 27.7 Å². The van der Waals surface area contributed by atoms with Crippen LogP contribution >= 0.6 is 11.3 Å². The Balaban J connectivity index is 1.41. The van der Waals surface area contributed by atoms with Crippen molar-refractivity contribution in [3.05, 3.63) is 22.4 Å². The molecule has 1 saturated carbocycles. The molecule has 0 aromatic carbocycles. The molecule has 2 aliphatic heterocycles. The summed E-state index contributed by atoms with van der Waals surface area (Å²) >= 11 is 1.80. The number of carbonyl (C=O) groups is 1. The van der Waals surface area contributed by atoms with Gasteiger partial charge in [0.15, 0.2) is 0 Å². The van der Waals surface area contributed by atoms with Crippen molar-refractivity contribution in [2.24, 2.45) is 11.3 Å². The first-order valence-corrected chi connectivity index (χ1v) is 10.4. The smallest absolute Gasteiger partial charge is 0.226 e. The van der Waals surface area contributed by atoms with Crippen molar-refractivity contribution in [2.75, 3.05) is 53.0 Å². The molecule has 4 rings (SSSR count). The zero-order chi connectivity index (χ0) is 17.3. The van der Waals surface area contributed by atoms with Gasteiger partial charge in [0, 0.05) is 37.5 Å². The highest BCUT2D eigenvalue weighted by molar-refractivity contribution is 7.10. The van der Waals surface area contributed by atoms with E-state index in [0.29, 0.717) is 17.4 Å². The Morgan fingerprint density at radius 2 is 2.20 bits per heavy atom. The van der Waals surface area contributed by atoms with Gasteiger partial charge in [-0.25, -0.2) is 0 Å². The van der Waals surface area contributed by atoms with Crippen molar-refractivity contribution in [1.29, 1.82) is 0 Å². The first-order chi connectivity index (χ1) is 12.2. The monoisotopic (exact) mass is 363 g/mol. The van der Waals surface area contributed by atoms with E-state index in [4.69, 9.17) is 4.74 Å². The minimum atomic E-state index is 0.258. The Morgan fingerprint density at radius 3 is 2.88 bits per heavy atom. The summed E-state index contributed by atoms with van der Waals surface area (Å²) in [5.41, 5.74) is 0.313. The van der Waals surface area contributed by atoms with E-state index in [1.165, 1.54) is 4.88 Å². The SMILES string of the molecule is CN(CC(c1cccs1)N1CCOCC1)C(=O)C1CC12CCNCC2. The fourth-order valence-corrected chi connectivity index (χ4v) is 5.40. The average Bonchev–Trinajstić information content (AvgIpc) is 3.08. The Morgan fingerprint density at radius 1 is 1.44 bits per heavy atom. The van der Waals surface area contributed by atoms with Gasteiger partial charge in [0.2, 0.25) is 5.91 Å². The second kappa shape index (κ2) is 7.35. The third kappa shape index (κ3) is 3.63. The van der Waals surface area contributed by atoms with Crippen LogP contribution in [0.5, 0.6) is 0 Å². The summed E-state index contributed by atoms with van der Waals surface area (Å²) in [6.07, 6.45) is 3.42. The predicted octanol–water partition coefficient (Wildman–Crippen LogP) is 1.97. The molecule has 3 heterocycles. The zero-order valence-electron chi connectivity index (χ0n) is 15.1. The number of nitrogens with one attached hydrogen (secondary N) is 1. The lowest BCUT2D eigenvalue weighted by atomic mass is 9.91. The molecule has 1 aliphatic carbocycles. The fourth-order valence-electron chi connectivity index (χ4n) is 4.54. The third-order valence-corrected chi connectivity index (χ3v) is 7.24. The number of morpholine rings is 1. The highest BCUT2D eigenvalue weighted by Crippen LogP contribution is 2.59. The molecule has 2 atom stereocenters. The summed E-state index contributed by atoms with van der Waals surface area (Å²) in [5, 5.41) is 5.56. The largest absolute Gasteiger partial charge is 0.379 e. The van der Waals surface area contributed by atoms with Gasteiger partial charge in [-0.05, 0) is 49.2 Å². The molecule has 0 bridgehead atoms. The van der Waals surface area contributed by atoms with E-state index in [1.807, 2.05) is 11.9 Å². The number of hydrogen-bond donors (Lipinski definition) is 1. The van der Waals surface area contributed by atoms with Crippen LogP contribution in [0.25, 0.3) is 0 Å². The summed E-state index contributed by atoms with van der Waals surface area (Å²) < 4.78 is 5.52. The second-order valence-electron chi connectivity index (χ2n) is 7.77. The minimum Gasteiger partial charge on any atom is -0.379 e. The van der Waals surface area contributed by atoms with Gasteiger partial charge in [0.05, 0.1) is 19.3 Å². The fraction of sp³-hybridized carbons (Fsp3) is 0.737. The second-order valence-corrected chi connectivity index (χ2v) is 8.75. The number of carbonyl (C=O) groups excluding carboxylic acids is 1. The molecule has 1 aromatic rings. The third-order valence-electron chi connectivity index (χ3n) is 6.27. The average molecular weight is 364 g/mol. The van der Waals surface area contributed by atoms with Crippen molar-refractivity contribution < 1.29 is 9.53 Å². The topological polar surface area (TPSA) is 44.8 Å². The number of thiophene rings is 1. The van der Waals surface area contributed by atoms with E-state index in [-0.39, 0.29) is 5.92 Å². The molecule has 25 heavy (non-hydrogen) atoms. The summed E-state index contributed by atoms with van der Waals surface area (Å²) in [6.45, 7) is 6.40. The molecule has 3 fully saturated rings. The van der Waals surface area contributed by atoms with Crippen LogP contribution in [0.3, 0.4) is 0 Å². The number of ether oxygens (including phenoxy) is 1. The molecule has 6 heteroatoms. The molecular formula is C19H29N3O2S. The molecule has 2 saturated heterocycles. The van der Waals surface area contributed by atoms with Gasteiger partial charge >= 0.3 is 0 Å². The van der Waals surface area contributed by atoms with Gasteiger partial charge in [-0.2, -0.15) is 0 Å². The van der Waals surface area contributed by atoms with Gasteiger partial charge in [0.1, 0.15) is 0 Å². The molecule has 1 aromatic heterocycles. The van der Waals surface area contributed by atoms with Crippen LogP contribution in [0.4, 0.5) is 0 Å². The molecule has 1 N–H and O–H groups in total. The molecule has 0 radical (unpaired) electrons. The first-order valence-electron chi connectivity index (χ1n) is 9.50. The lowest BCUT2D eigenvalue weighted by Crippen LogP contribution is -2.44. The van der Waals surface area contributed by atoms with E-state index < -0.39 is 0 Å². The summed E-state index contributed by atoms with van der Waals surface area (Å²) in [4.78, 5) is 18.9. The van der Waals surface area contributed by atoms with Crippen LogP contribution in [0.2, 0.25) is 0 Å². The Kier molecular flexibility index (Phi) is 5.13. The number of amides is 1.